The zero-order chi connectivity index (χ0) is 13.8. The van der Waals surface area contributed by atoms with Crippen molar-refractivity contribution in [2.45, 2.75) is 52.7 Å². The van der Waals surface area contributed by atoms with Crippen molar-refractivity contribution in [3.63, 3.8) is 0 Å². The molecular formula is C14H25ClN4. The minimum Gasteiger partial charge on any atom is -0.314 e. The average Bonchev–Trinajstić information content (AvgIpc) is 2.76. The maximum absolute atomic E-state index is 6.49. The number of halogens is 1. The van der Waals surface area contributed by atoms with Crippen molar-refractivity contribution in [3.05, 3.63) is 16.4 Å². The first-order valence-corrected chi connectivity index (χ1v) is 7.77. The summed E-state index contributed by atoms with van der Waals surface area (Å²) < 4.78 is 2.07. The molecule has 1 aliphatic rings. The normalized spacial score (nSPS) is 20.9. The molecule has 2 rings (SSSR count). The Morgan fingerprint density at radius 2 is 2.16 bits per heavy atom. The number of aryl methyl sites for hydroxylation is 2. The molecule has 1 fully saturated rings. The standard InChI is InChI=1S/C14H25ClN4/c1-4-11-9-16-7-8-18(11)10-13-14(15)12(5-2)17-19(13)6-3/h11,16H,4-10H2,1-3H3. The Hall–Kier alpha value is -0.580. The van der Waals surface area contributed by atoms with Gasteiger partial charge in [-0.3, -0.25) is 9.58 Å². The van der Waals surface area contributed by atoms with Gasteiger partial charge in [0.2, 0.25) is 0 Å². The lowest BCUT2D eigenvalue weighted by Gasteiger charge is -2.35. The van der Waals surface area contributed by atoms with Crippen molar-refractivity contribution in [2.24, 2.45) is 0 Å². The largest absolute Gasteiger partial charge is 0.314 e. The third-order valence-corrected chi connectivity index (χ3v) is 4.43. The second kappa shape index (κ2) is 6.73. The molecule has 108 valence electrons. The van der Waals surface area contributed by atoms with E-state index in [0.29, 0.717) is 6.04 Å². The first-order chi connectivity index (χ1) is 9.21. The Kier molecular flexibility index (Phi) is 5.25. The van der Waals surface area contributed by atoms with Crippen molar-refractivity contribution in [2.75, 3.05) is 19.6 Å². The molecule has 1 aromatic rings. The Morgan fingerprint density at radius 1 is 1.37 bits per heavy atom. The lowest BCUT2D eigenvalue weighted by molar-refractivity contribution is 0.145. The molecule has 1 N–H and O–H groups in total. The van der Waals surface area contributed by atoms with E-state index in [0.717, 1.165) is 49.9 Å². The van der Waals surface area contributed by atoms with Gasteiger partial charge < -0.3 is 5.32 Å². The van der Waals surface area contributed by atoms with Crippen LogP contribution in [0, 0.1) is 0 Å². The zero-order valence-corrected chi connectivity index (χ0v) is 13.0. The molecule has 19 heavy (non-hydrogen) atoms. The molecule has 2 heterocycles. The maximum atomic E-state index is 6.49. The van der Waals surface area contributed by atoms with Gasteiger partial charge in [-0.1, -0.05) is 25.4 Å². The van der Waals surface area contributed by atoms with Crippen molar-refractivity contribution >= 4 is 11.6 Å². The summed E-state index contributed by atoms with van der Waals surface area (Å²) in [6, 6.07) is 0.607. The van der Waals surface area contributed by atoms with Gasteiger partial charge in [0.15, 0.2) is 0 Å². The van der Waals surface area contributed by atoms with E-state index in [1.807, 2.05) is 0 Å². The van der Waals surface area contributed by atoms with Crippen LogP contribution in [-0.4, -0.2) is 40.4 Å². The molecule has 0 amide bonds. The lowest BCUT2D eigenvalue weighted by atomic mass is 10.1. The molecule has 4 nitrogen and oxygen atoms in total. The summed E-state index contributed by atoms with van der Waals surface area (Å²) >= 11 is 6.49. The Morgan fingerprint density at radius 3 is 2.79 bits per heavy atom. The van der Waals surface area contributed by atoms with Crippen LogP contribution in [0.1, 0.15) is 38.6 Å². The number of piperazine rings is 1. The smallest absolute Gasteiger partial charge is 0.0863 e. The molecule has 1 aliphatic heterocycles. The van der Waals surface area contributed by atoms with E-state index in [1.165, 1.54) is 12.1 Å². The molecule has 0 bridgehead atoms. The van der Waals surface area contributed by atoms with Crippen LogP contribution >= 0.6 is 11.6 Å². The van der Waals surface area contributed by atoms with E-state index in [2.05, 4.69) is 40.8 Å². The van der Waals surface area contributed by atoms with E-state index in [4.69, 9.17) is 11.6 Å². The predicted molar refractivity (Wildman–Crippen MR) is 79.6 cm³/mol. The van der Waals surface area contributed by atoms with Crippen LogP contribution in [0.15, 0.2) is 0 Å². The number of aromatic nitrogens is 2. The third-order valence-electron chi connectivity index (χ3n) is 3.99. The van der Waals surface area contributed by atoms with Gasteiger partial charge in [0.25, 0.3) is 0 Å². The number of hydrogen-bond acceptors (Lipinski definition) is 3. The van der Waals surface area contributed by atoms with Crippen LogP contribution in [-0.2, 0) is 19.5 Å². The van der Waals surface area contributed by atoms with Crippen molar-refractivity contribution in [3.8, 4) is 0 Å². The monoisotopic (exact) mass is 284 g/mol. The highest BCUT2D eigenvalue weighted by atomic mass is 35.5. The fraction of sp³-hybridized carbons (Fsp3) is 0.786. The molecule has 1 atom stereocenters. The Balaban J connectivity index is 2.19. The van der Waals surface area contributed by atoms with Gasteiger partial charge in [0, 0.05) is 38.8 Å². The fourth-order valence-corrected chi connectivity index (χ4v) is 3.10. The minimum atomic E-state index is 0.607. The van der Waals surface area contributed by atoms with E-state index >= 15 is 0 Å². The zero-order valence-electron chi connectivity index (χ0n) is 12.2. The molecule has 0 aliphatic carbocycles. The number of nitrogens with one attached hydrogen (secondary N) is 1. The molecular weight excluding hydrogens is 260 g/mol. The van der Waals surface area contributed by atoms with Crippen LogP contribution in [0.5, 0.6) is 0 Å². The first kappa shape index (κ1) is 14.8. The highest BCUT2D eigenvalue weighted by Gasteiger charge is 2.24. The van der Waals surface area contributed by atoms with Gasteiger partial charge in [-0.05, 0) is 19.8 Å². The second-order valence-electron chi connectivity index (χ2n) is 5.11. The summed E-state index contributed by atoms with van der Waals surface area (Å²) in [6.45, 7) is 11.5. The molecule has 0 radical (unpaired) electrons. The van der Waals surface area contributed by atoms with Gasteiger partial charge in [-0.25, -0.2) is 0 Å². The molecule has 0 saturated carbocycles. The summed E-state index contributed by atoms with van der Waals surface area (Å²) in [4.78, 5) is 2.53. The van der Waals surface area contributed by atoms with Gasteiger partial charge in [0.1, 0.15) is 0 Å². The third kappa shape index (κ3) is 3.12. The van der Waals surface area contributed by atoms with Crippen LogP contribution in [0.4, 0.5) is 0 Å². The predicted octanol–water partition coefficient (Wildman–Crippen LogP) is 2.30. The average molecular weight is 285 g/mol. The van der Waals surface area contributed by atoms with Gasteiger partial charge >= 0.3 is 0 Å². The van der Waals surface area contributed by atoms with Gasteiger partial charge in [-0.15, -0.1) is 0 Å². The number of rotatable bonds is 5. The van der Waals surface area contributed by atoms with Gasteiger partial charge in [0.05, 0.1) is 16.4 Å². The van der Waals surface area contributed by atoms with Gasteiger partial charge in [-0.2, -0.15) is 5.10 Å². The molecule has 0 aromatic carbocycles. The highest BCUT2D eigenvalue weighted by molar-refractivity contribution is 6.31. The summed E-state index contributed by atoms with van der Waals surface area (Å²) in [5.74, 6) is 0. The minimum absolute atomic E-state index is 0.607. The van der Waals surface area contributed by atoms with E-state index in [-0.39, 0.29) is 0 Å². The molecule has 0 spiro atoms. The van der Waals surface area contributed by atoms with Crippen LogP contribution in [0.25, 0.3) is 0 Å². The topological polar surface area (TPSA) is 33.1 Å². The van der Waals surface area contributed by atoms with E-state index in [9.17, 15) is 0 Å². The van der Waals surface area contributed by atoms with Crippen molar-refractivity contribution in [1.29, 1.82) is 0 Å². The Labute approximate surface area is 121 Å². The van der Waals surface area contributed by atoms with Crippen LogP contribution < -0.4 is 5.32 Å². The van der Waals surface area contributed by atoms with Crippen LogP contribution in [0.2, 0.25) is 5.02 Å². The summed E-state index contributed by atoms with van der Waals surface area (Å²) in [5, 5.41) is 8.94. The Bertz CT molecular complexity index is 416. The van der Waals surface area contributed by atoms with E-state index < -0.39 is 0 Å². The molecule has 1 aromatic heterocycles. The summed E-state index contributed by atoms with van der Waals surface area (Å²) in [6.07, 6.45) is 2.07. The molecule has 5 heteroatoms. The maximum Gasteiger partial charge on any atom is 0.0863 e. The molecule has 1 saturated heterocycles. The quantitative estimate of drug-likeness (QED) is 0.901. The van der Waals surface area contributed by atoms with Crippen molar-refractivity contribution < 1.29 is 0 Å². The number of nitrogens with zero attached hydrogens (tertiary/aromatic N) is 3. The van der Waals surface area contributed by atoms with E-state index in [1.54, 1.807) is 0 Å². The SMILES string of the molecule is CCc1nn(CC)c(CN2CCNCC2CC)c1Cl. The highest BCUT2D eigenvalue weighted by Crippen LogP contribution is 2.24. The van der Waals surface area contributed by atoms with Crippen LogP contribution in [0.3, 0.4) is 0 Å². The number of hydrogen-bond donors (Lipinski definition) is 1. The second-order valence-corrected chi connectivity index (χ2v) is 5.49. The fourth-order valence-electron chi connectivity index (χ4n) is 2.77. The summed E-state index contributed by atoms with van der Waals surface area (Å²) in [7, 11) is 0. The first-order valence-electron chi connectivity index (χ1n) is 7.40. The summed E-state index contributed by atoms with van der Waals surface area (Å²) in [5.41, 5.74) is 2.21. The molecule has 1 unspecified atom stereocenters. The lowest BCUT2D eigenvalue weighted by Crippen LogP contribution is -2.50. The van der Waals surface area contributed by atoms with Crippen molar-refractivity contribution in [1.82, 2.24) is 20.0 Å².